The van der Waals surface area contributed by atoms with E-state index in [9.17, 15) is 9.59 Å². The van der Waals surface area contributed by atoms with E-state index in [0.29, 0.717) is 12.1 Å². The normalized spacial score (nSPS) is 12.5. The minimum atomic E-state index is -1.09. The maximum absolute atomic E-state index is 12.1. The van der Waals surface area contributed by atoms with Gasteiger partial charge < -0.3 is 21.6 Å². The second kappa shape index (κ2) is 6.51. The second-order valence-electron chi connectivity index (χ2n) is 5.02. The smallest absolute Gasteiger partial charge is 0.320 e. The number of aromatic amines is 1. The Bertz CT molecular complexity index is 663. The lowest BCUT2D eigenvalue weighted by molar-refractivity contribution is -0.138. The molecule has 6 heteroatoms. The molecule has 21 heavy (non-hydrogen) atoms. The molecule has 0 fully saturated rings. The number of aliphatic carboxylic acids is 1. The van der Waals surface area contributed by atoms with Crippen molar-refractivity contribution in [3.63, 3.8) is 0 Å². The van der Waals surface area contributed by atoms with Gasteiger partial charge in [0.1, 0.15) is 6.04 Å². The second-order valence-corrected chi connectivity index (χ2v) is 5.02. The predicted octanol–water partition coefficient (Wildman–Crippen LogP) is 1.04. The molecule has 1 aromatic carbocycles. The topological polar surface area (TPSA) is 122 Å². The van der Waals surface area contributed by atoms with Gasteiger partial charge in [0.2, 0.25) is 0 Å². The SMILES string of the molecule is NCCc1c[nH]c2cc(C(=O)CC[C@@H](N)C(=O)O)ccc12. The van der Waals surface area contributed by atoms with Crippen LogP contribution in [0.4, 0.5) is 0 Å². The zero-order chi connectivity index (χ0) is 15.4. The van der Waals surface area contributed by atoms with Crippen LogP contribution in [0.15, 0.2) is 24.4 Å². The van der Waals surface area contributed by atoms with E-state index in [1.807, 2.05) is 12.3 Å². The first-order chi connectivity index (χ1) is 10.0. The molecule has 6 nitrogen and oxygen atoms in total. The largest absolute Gasteiger partial charge is 0.480 e. The third kappa shape index (κ3) is 3.48. The van der Waals surface area contributed by atoms with Gasteiger partial charge in [-0.3, -0.25) is 9.59 Å². The van der Waals surface area contributed by atoms with Gasteiger partial charge in [0.25, 0.3) is 0 Å². The average Bonchev–Trinajstić information content (AvgIpc) is 2.87. The number of carbonyl (C=O) groups is 2. The molecule has 2 rings (SSSR count). The number of aromatic nitrogens is 1. The maximum Gasteiger partial charge on any atom is 0.320 e. The van der Waals surface area contributed by atoms with E-state index >= 15 is 0 Å². The number of nitrogens with two attached hydrogens (primary N) is 2. The van der Waals surface area contributed by atoms with E-state index in [1.54, 1.807) is 12.1 Å². The van der Waals surface area contributed by atoms with Gasteiger partial charge in [-0.15, -0.1) is 0 Å². The van der Waals surface area contributed by atoms with Crippen molar-refractivity contribution in [1.29, 1.82) is 0 Å². The summed E-state index contributed by atoms with van der Waals surface area (Å²) >= 11 is 0. The van der Waals surface area contributed by atoms with Crippen molar-refractivity contribution in [3.05, 3.63) is 35.5 Å². The quantitative estimate of drug-likeness (QED) is 0.567. The molecule has 112 valence electrons. The van der Waals surface area contributed by atoms with Crippen LogP contribution in [0.5, 0.6) is 0 Å². The fourth-order valence-corrected chi connectivity index (χ4v) is 2.28. The molecule has 0 unspecified atom stereocenters. The van der Waals surface area contributed by atoms with E-state index in [1.165, 1.54) is 0 Å². The number of H-pyrrole nitrogens is 1. The van der Waals surface area contributed by atoms with Crippen molar-refractivity contribution in [2.75, 3.05) is 6.54 Å². The molecule has 0 radical (unpaired) electrons. The summed E-state index contributed by atoms with van der Waals surface area (Å²) in [5.41, 5.74) is 13.5. The third-order valence-electron chi connectivity index (χ3n) is 3.50. The van der Waals surface area contributed by atoms with Gasteiger partial charge in [-0.2, -0.15) is 0 Å². The van der Waals surface area contributed by atoms with Crippen LogP contribution in [0.3, 0.4) is 0 Å². The Morgan fingerprint density at radius 2 is 2.10 bits per heavy atom. The van der Waals surface area contributed by atoms with Crippen LogP contribution >= 0.6 is 0 Å². The van der Waals surface area contributed by atoms with E-state index in [-0.39, 0.29) is 18.6 Å². The highest BCUT2D eigenvalue weighted by Gasteiger charge is 2.15. The molecule has 0 aliphatic rings. The standard InChI is InChI=1S/C15H19N3O3/c16-6-5-10-8-18-13-7-9(1-2-11(10)13)14(19)4-3-12(17)15(20)21/h1-2,7-8,12,18H,3-6,16-17H2,(H,20,21)/t12-/m1/s1. The fourth-order valence-electron chi connectivity index (χ4n) is 2.28. The Labute approximate surface area is 122 Å². The minimum absolute atomic E-state index is 0.108. The summed E-state index contributed by atoms with van der Waals surface area (Å²) < 4.78 is 0. The van der Waals surface area contributed by atoms with E-state index in [2.05, 4.69) is 4.98 Å². The number of rotatable bonds is 7. The van der Waals surface area contributed by atoms with Crippen LogP contribution in [0.2, 0.25) is 0 Å². The van der Waals surface area contributed by atoms with Crippen LogP contribution in [0, 0.1) is 0 Å². The molecular weight excluding hydrogens is 270 g/mol. The van der Waals surface area contributed by atoms with Crippen LogP contribution in [0.25, 0.3) is 10.9 Å². The van der Waals surface area contributed by atoms with E-state index in [4.69, 9.17) is 16.6 Å². The molecule has 0 saturated heterocycles. The van der Waals surface area contributed by atoms with Crippen molar-refractivity contribution in [2.45, 2.75) is 25.3 Å². The highest BCUT2D eigenvalue weighted by molar-refractivity contribution is 6.00. The lowest BCUT2D eigenvalue weighted by Crippen LogP contribution is -2.30. The molecule has 0 bridgehead atoms. The zero-order valence-electron chi connectivity index (χ0n) is 11.6. The zero-order valence-corrected chi connectivity index (χ0v) is 11.6. The lowest BCUT2D eigenvalue weighted by atomic mass is 10.0. The number of benzene rings is 1. The van der Waals surface area contributed by atoms with Crippen LogP contribution in [0.1, 0.15) is 28.8 Å². The predicted molar refractivity (Wildman–Crippen MR) is 80.2 cm³/mol. The molecule has 1 aromatic heterocycles. The van der Waals surface area contributed by atoms with Crippen LogP contribution in [-0.4, -0.2) is 34.4 Å². The van der Waals surface area contributed by atoms with Gasteiger partial charge in [0.05, 0.1) is 0 Å². The van der Waals surface area contributed by atoms with Gasteiger partial charge in [-0.1, -0.05) is 12.1 Å². The number of Topliss-reactive ketones (excluding diaryl/α,β-unsaturated/α-hetero) is 1. The summed E-state index contributed by atoms with van der Waals surface area (Å²) in [5.74, 6) is -1.20. The number of nitrogens with one attached hydrogen (secondary N) is 1. The van der Waals surface area contributed by atoms with Crippen molar-refractivity contribution in [2.24, 2.45) is 11.5 Å². The summed E-state index contributed by atoms with van der Waals surface area (Å²) in [6.07, 6.45) is 2.93. The number of carboxylic acid groups (broad SMARTS) is 1. The molecule has 1 heterocycles. The van der Waals surface area contributed by atoms with Gasteiger partial charge in [-0.25, -0.2) is 0 Å². The van der Waals surface area contributed by atoms with Crippen LogP contribution < -0.4 is 11.5 Å². The number of fused-ring (bicyclic) bond motifs is 1. The summed E-state index contributed by atoms with van der Waals surface area (Å²) in [4.78, 5) is 25.8. The maximum atomic E-state index is 12.1. The molecule has 0 amide bonds. The number of ketones is 1. The molecule has 1 atom stereocenters. The molecule has 0 aliphatic heterocycles. The van der Waals surface area contributed by atoms with Gasteiger partial charge in [0, 0.05) is 29.1 Å². The van der Waals surface area contributed by atoms with Gasteiger partial charge in [0.15, 0.2) is 5.78 Å². The number of hydrogen-bond donors (Lipinski definition) is 4. The number of hydrogen-bond acceptors (Lipinski definition) is 4. The Morgan fingerprint density at radius 3 is 2.76 bits per heavy atom. The Hall–Kier alpha value is -2.18. The van der Waals surface area contributed by atoms with Crippen molar-refractivity contribution >= 4 is 22.7 Å². The molecule has 6 N–H and O–H groups in total. The Balaban J connectivity index is 2.12. The first kappa shape index (κ1) is 15.2. The van der Waals surface area contributed by atoms with Crippen molar-refractivity contribution < 1.29 is 14.7 Å². The first-order valence-corrected chi connectivity index (χ1v) is 6.84. The monoisotopic (exact) mass is 289 g/mol. The number of carboxylic acids is 1. The summed E-state index contributed by atoms with van der Waals surface area (Å²) in [6.45, 7) is 0.570. The highest BCUT2D eigenvalue weighted by Crippen LogP contribution is 2.21. The summed E-state index contributed by atoms with van der Waals surface area (Å²) in [5, 5.41) is 9.76. The Kier molecular flexibility index (Phi) is 4.72. The molecular formula is C15H19N3O3. The van der Waals surface area contributed by atoms with Crippen LogP contribution in [-0.2, 0) is 11.2 Å². The van der Waals surface area contributed by atoms with Gasteiger partial charge >= 0.3 is 5.97 Å². The van der Waals surface area contributed by atoms with Crippen molar-refractivity contribution in [3.8, 4) is 0 Å². The number of carbonyl (C=O) groups excluding carboxylic acids is 1. The van der Waals surface area contributed by atoms with Crippen molar-refractivity contribution in [1.82, 2.24) is 4.98 Å². The summed E-state index contributed by atoms with van der Waals surface area (Å²) in [7, 11) is 0. The molecule has 0 aliphatic carbocycles. The molecule has 0 saturated carbocycles. The third-order valence-corrected chi connectivity index (χ3v) is 3.50. The lowest BCUT2D eigenvalue weighted by Gasteiger charge is -2.06. The van der Waals surface area contributed by atoms with Gasteiger partial charge in [-0.05, 0) is 31.0 Å². The first-order valence-electron chi connectivity index (χ1n) is 6.84. The summed E-state index contributed by atoms with van der Waals surface area (Å²) in [6, 6.07) is 4.43. The fraction of sp³-hybridized carbons (Fsp3) is 0.333. The molecule has 2 aromatic rings. The molecule has 0 spiro atoms. The minimum Gasteiger partial charge on any atom is -0.480 e. The Morgan fingerprint density at radius 1 is 1.33 bits per heavy atom. The van der Waals surface area contributed by atoms with E-state index in [0.717, 1.165) is 22.9 Å². The average molecular weight is 289 g/mol. The highest BCUT2D eigenvalue weighted by atomic mass is 16.4. The van der Waals surface area contributed by atoms with E-state index < -0.39 is 12.0 Å².